The van der Waals surface area contributed by atoms with Gasteiger partial charge < -0.3 is 4.90 Å². The highest BCUT2D eigenvalue weighted by Gasteiger charge is 2.35. The van der Waals surface area contributed by atoms with E-state index in [0.717, 1.165) is 45.0 Å². The predicted octanol–water partition coefficient (Wildman–Crippen LogP) is 1.99. The molecule has 2 aliphatic rings. The van der Waals surface area contributed by atoms with E-state index in [9.17, 15) is 12.8 Å². The molecule has 1 aromatic carbocycles. The summed E-state index contributed by atoms with van der Waals surface area (Å²) < 4.78 is 38.3. The second-order valence-electron chi connectivity index (χ2n) is 7.32. The number of rotatable bonds is 4. The second kappa shape index (κ2) is 7.52. The summed E-state index contributed by atoms with van der Waals surface area (Å²) >= 11 is 0. The van der Waals surface area contributed by atoms with Crippen LogP contribution in [0, 0.1) is 11.7 Å². The fourth-order valence-electron chi connectivity index (χ4n) is 4.08. The number of hydrogen-bond donors (Lipinski definition) is 0. The summed E-state index contributed by atoms with van der Waals surface area (Å²) in [6, 6.07) is 7.34. The molecule has 27 heavy (non-hydrogen) atoms. The van der Waals surface area contributed by atoms with Gasteiger partial charge in [-0.2, -0.15) is 0 Å². The van der Waals surface area contributed by atoms with Crippen LogP contribution in [0.25, 0.3) is 0 Å². The van der Waals surface area contributed by atoms with Gasteiger partial charge in [0.25, 0.3) is 0 Å². The number of aromatic nitrogens is 2. The van der Waals surface area contributed by atoms with E-state index in [2.05, 4.69) is 19.8 Å². The van der Waals surface area contributed by atoms with E-state index >= 15 is 0 Å². The number of piperidine rings is 1. The predicted molar refractivity (Wildman–Crippen MR) is 101 cm³/mol. The van der Waals surface area contributed by atoms with Crippen LogP contribution in [0.15, 0.2) is 47.6 Å². The van der Waals surface area contributed by atoms with Crippen molar-refractivity contribution in [3.05, 3.63) is 48.5 Å². The van der Waals surface area contributed by atoms with Gasteiger partial charge >= 0.3 is 0 Å². The van der Waals surface area contributed by atoms with Crippen LogP contribution in [-0.2, 0) is 9.84 Å². The lowest BCUT2D eigenvalue weighted by Crippen LogP contribution is -2.57. The molecule has 0 N–H and O–H groups in total. The molecule has 0 aliphatic carbocycles. The van der Waals surface area contributed by atoms with Crippen LogP contribution in [0.5, 0.6) is 0 Å². The van der Waals surface area contributed by atoms with Crippen molar-refractivity contribution in [3.63, 3.8) is 0 Å². The van der Waals surface area contributed by atoms with Crippen LogP contribution >= 0.6 is 0 Å². The van der Waals surface area contributed by atoms with Crippen molar-refractivity contribution < 1.29 is 12.8 Å². The zero-order chi connectivity index (χ0) is 18.9. The third kappa shape index (κ3) is 4.11. The van der Waals surface area contributed by atoms with Gasteiger partial charge in [-0.25, -0.2) is 22.8 Å². The quantitative estimate of drug-likeness (QED) is 0.744. The SMILES string of the molecule is O=S(=O)(C[C@H]1CCC2CN(c3ncccn3)CCN2C1)c1ccc(F)cc1. The van der Waals surface area contributed by atoms with E-state index in [1.54, 1.807) is 12.4 Å². The molecule has 4 rings (SSSR count). The van der Waals surface area contributed by atoms with E-state index in [1.807, 2.05) is 6.07 Å². The molecule has 0 spiro atoms. The number of anilines is 1. The first-order valence-corrected chi connectivity index (χ1v) is 10.9. The van der Waals surface area contributed by atoms with Crippen molar-refractivity contribution in [2.24, 2.45) is 5.92 Å². The number of fused-ring (bicyclic) bond motifs is 1. The minimum atomic E-state index is -3.39. The van der Waals surface area contributed by atoms with E-state index in [0.29, 0.717) is 6.04 Å². The van der Waals surface area contributed by atoms with Crippen molar-refractivity contribution in [2.75, 3.05) is 36.8 Å². The van der Waals surface area contributed by atoms with E-state index < -0.39 is 15.7 Å². The van der Waals surface area contributed by atoms with Crippen molar-refractivity contribution in [1.29, 1.82) is 0 Å². The lowest BCUT2D eigenvalue weighted by atomic mass is 9.92. The summed E-state index contributed by atoms with van der Waals surface area (Å²) in [5, 5.41) is 0. The average molecular weight is 390 g/mol. The van der Waals surface area contributed by atoms with Crippen molar-refractivity contribution in [1.82, 2.24) is 14.9 Å². The highest BCUT2D eigenvalue weighted by molar-refractivity contribution is 7.91. The Morgan fingerprint density at radius 1 is 1.04 bits per heavy atom. The van der Waals surface area contributed by atoms with Crippen LogP contribution in [0.1, 0.15) is 12.8 Å². The number of sulfone groups is 1. The Morgan fingerprint density at radius 2 is 1.78 bits per heavy atom. The van der Waals surface area contributed by atoms with E-state index in [1.165, 1.54) is 24.3 Å². The highest BCUT2D eigenvalue weighted by Crippen LogP contribution is 2.28. The molecule has 0 bridgehead atoms. The van der Waals surface area contributed by atoms with Gasteiger partial charge in [-0.3, -0.25) is 4.90 Å². The Labute approximate surface area is 159 Å². The Bertz CT molecular complexity index is 876. The first-order valence-electron chi connectivity index (χ1n) is 9.25. The molecule has 8 heteroatoms. The standard InChI is InChI=1S/C19H23FN4O2S/c20-16-3-6-18(7-4-16)27(25,26)14-15-2-5-17-13-24(11-10-23(17)12-15)19-21-8-1-9-22-19/h1,3-4,6-9,15,17H,2,5,10-14H2/t15-,17?/m0/s1. The average Bonchev–Trinajstić information content (AvgIpc) is 2.68. The normalized spacial score (nSPS) is 23.8. The molecule has 1 aromatic heterocycles. The van der Waals surface area contributed by atoms with Crippen LogP contribution in [0.3, 0.4) is 0 Å². The Balaban J connectivity index is 1.38. The lowest BCUT2D eigenvalue weighted by molar-refractivity contribution is 0.102. The van der Waals surface area contributed by atoms with Crippen molar-refractivity contribution in [2.45, 2.75) is 23.8 Å². The molecular formula is C19H23FN4O2S. The molecule has 144 valence electrons. The molecule has 6 nitrogen and oxygen atoms in total. The highest BCUT2D eigenvalue weighted by atomic mass is 32.2. The van der Waals surface area contributed by atoms with E-state index in [-0.39, 0.29) is 16.6 Å². The van der Waals surface area contributed by atoms with Crippen molar-refractivity contribution in [3.8, 4) is 0 Å². The van der Waals surface area contributed by atoms with Gasteiger partial charge in [0.2, 0.25) is 5.95 Å². The summed E-state index contributed by atoms with van der Waals surface area (Å²) in [7, 11) is -3.39. The summed E-state index contributed by atoms with van der Waals surface area (Å²) in [4.78, 5) is 13.5. The van der Waals surface area contributed by atoms with Gasteiger partial charge in [-0.1, -0.05) is 0 Å². The van der Waals surface area contributed by atoms with Crippen LogP contribution in [0.2, 0.25) is 0 Å². The van der Waals surface area contributed by atoms with Crippen LogP contribution in [-0.4, -0.2) is 61.3 Å². The summed E-state index contributed by atoms with van der Waals surface area (Å²) in [6.45, 7) is 3.39. The lowest BCUT2D eigenvalue weighted by Gasteiger charge is -2.46. The third-order valence-electron chi connectivity index (χ3n) is 5.47. The summed E-state index contributed by atoms with van der Waals surface area (Å²) in [5.41, 5.74) is 0. The van der Waals surface area contributed by atoms with Gasteiger partial charge in [-0.05, 0) is 49.1 Å². The minimum absolute atomic E-state index is 0.107. The number of hydrogen-bond acceptors (Lipinski definition) is 6. The van der Waals surface area contributed by atoms with Gasteiger partial charge in [0.05, 0.1) is 10.6 Å². The molecule has 0 radical (unpaired) electrons. The minimum Gasteiger partial charge on any atom is -0.338 e. The molecule has 2 aromatic rings. The molecule has 0 amide bonds. The van der Waals surface area contributed by atoms with Gasteiger partial charge in [-0.15, -0.1) is 0 Å². The largest absolute Gasteiger partial charge is 0.338 e. The molecule has 2 aliphatic heterocycles. The zero-order valence-corrected chi connectivity index (χ0v) is 15.9. The van der Waals surface area contributed by atoms with Crippen molar-refractivity contribution >= 4 is 15.8 Å². The Morgan fingerprint density at radius 3 is 2.52 bits per heavy atom. The monoisotopic (exact) mass is 390 g/mol. The maximum absolute atomic E-state index is 13.1. The summed E-state index contributed by atoms with van der Waals surface area (Å²) in [6.07, 6.45) is 5.36. The van der Waals surface area contributed by atoms with Gasteiger partial charge in [0.15, 0.2) is 9.84 Å². The molecule has 2 fully saturated rings. The number of nitrogens with zero attached hydrogens (tertiary/aromatic N) is 4. The summed E-state index contributed by atoms with van der Waals surface area (Å²) in [5.74, 6) is 0.566. The first-order chi connectivity index (χ1) is 13.0. The fourth-order valence-corrected chi connectivity index (χ4v) is 5.71. The van der Waals surface area contributed by atoms with Gasteiger partial charge in [0, 0.05) is 44.6 Å². The number of halogens is 1. The van der Waals surface area contributed by atoms with Crippen LogP contribution < -0.4 is 4.90 Å². The molecule has 3 heterocycles. The zero-order valence-electron chi connectivity index (χ0n) is 15.0. The Kier molecular flexibility index (Phi) is 5.10. The van der Waals surface area contributed by atoms with Crippen LogP contribution in [0.4, 0.5) is 10.3 Å². The first kappa shape index (κ1) is 18.3. The maximum Gasteiger partial charge on any atom is 0.225 e. The number of benzene rings is 1. The topological polar surface area (TPSA) is 66.4 Å². The molecular weight excluding hydrogens is 367 g/mol. The van der Waals surface area contributed by atoms with Gasteiger partial charge in [0.1, 0.15) is 5.82 Å². The van der Waals surface area contributed by atoms with E-state index in [4.69, 9.17) is 0 Å². The molecule has 2 saturated heterocycles. The number of piperazine rings is 1. The molecule has 1 unspecified atom stereocenters. The Hall–Kier alpha value is -2.06. The fraction of sp³-hybridized carbons (Fsp3) is 0.474. The second-order valence-corrected chi connectivity index (χ2v) is 9.36. The molecule has 0 saturated carbocycles. The maximum atomic E-state index is 13.1. The molecule has 2 atom stereocenters. The third-order valence-corrected chi connectivity index (χ3v) is 7.37. The smallest absolute Gasteiger partial charge is 0.225 e.